The molecule has 0 saturated carbocycles. The number of rotatable bonds is 7. The van der Waals surface area contributed by atoms with Crippen LogP contribution in [0, 0.1) is 0 Å². The van der Waals surface area contributed by atoms with Gasteiger partial charge in [0.1, 0.15) is 6.33 Å². The maximum absolute atomic E-state index is 5.30. The molecule has 0 spiro atoms. The maximum Gasteiger partial charge on any atom is 0.143 e. The first-order valence-electron chi connectivity index (χ1n) is 6.01. The highest BCUT2D eigenvalue weighted by atomic mass is 16.7. The smallest absolute Gasteiger partial charge is 0.143 e. The molecule has 1 aromatic carbocycles. The van der Waals surface area contributed by atoms with Gasteiger partial charge in [0.25, 0.3) is 0 Å². The number of hydrogen-bond acceptors (Lipinski definition) is 6. The first-order valence-corrected chi connectivity index (χ1v) is 6.01. The second kappa shape index (κ2) is 6.93. The van der Waals surface area contributed by atoms with E-state index in [1.807, 2.05) is 31.2 Å². The summed E-state index contributed by atoms with van der Waals surface area (Å²) < 4.78 is 6.52. The summed E-state index contributed by atoms with van der Waals surface area (Å²) >= 11 is 0. The molecule has 7 heteroatoms. The zero-order valence-corrected chi connectivity index (χ0v) is 11.0. The lowest BCUT2D eigenvalue weighted by Crippen LogP contribution is -2.21. The first-order chi connectivity index (χ1) is 9.31. The van der Waals surface area contributed by atoms with Crippen LogP contribution in [0.3, 0.4) is 0 Å². The number of ether oxygens (including phenoxy) is 1. The molecule has 1 atom stereocenters. The van der Waals surface area contributed by atoms with Crippen molar-refractivity contribution in [3.63, 3.8) is 0 Å². The molecule has 0 radical (unpaired) electrons. The van der Waals surface area contributed by atoms with Crippen LogP contribution in [0.25, 0.3) is 5.69 Å². The Hall–Kier alpha value is -1.83. The number of hydroxylamine groups is 1. The Morgan fingerprint density at radius 2 is 2.26 bits per heavy atom. The lowest BCUT2D eigenvalue weighted by atomic mass is 10.1. The average molecular weight is 263 g/mol. The van der Waals surface area contributed by atoms with Gasteiger partial charge in [-0.25, -0.2) is 4.68 Å². The summed E-state index contributed by atoms with van der Waals surface area (Å²) in [5, 5.41) is 11.1. The van der Waals surface area contributed by atoms with Crippen LogP contribution in [0.4, 0.5) is 0 Å². The first kappa shape index (κ1) is 13.6. The Kier molecular flexibility index (Phi) is 4.96. The Bertz CT molecular complexity index is 489. The summed E-state index contributed by atoms with van der Waals surface area (Å²) in [5.74, 6) is 0. The molecule has 0 amide bonds. The zero-order valence-electron chi connectivity index (χ0n) is 11.0. The molecule has 19 heavy (non-hydrogen) atoms. The Labute approximate surface area is 111 Å². The number of aromatic nitrogens is 4. The van der Waals surface area contributed by atoms with Crippen molar-refractivity contribution >= 4 is 0 Å². The van der Waals surface area contributed by atoms with Crippen LogP contribution in [-0.2, 0) is 9.57 Å². The largest absolute Gasteiger partial charge is 0.382 e. The van der Waals surface area contributed by atoms with Crippen molar-refractivity contribution in [3.8, 4) is 5.69 Å². The molecule has 1 N–H and O–H groups in total. The highest BCUT2D eigenvalue weighted by Crippen LogP contribution is 2.15. The predicted molar refractivity (Wildman–Crippen MR) is 68.5 cm³/mol. The van der Waals surface area contributed by atoms with Crippen LogP contribution < -0.4 is 5.48 Å². The Morgan fingerprint density at radius 1 is 1.37 bits per heavy atom. The molecule has 0 aliphatic rings. The monoisotopic (exact) mass is 263 g/mol. The minimum Gasteiger partial charge on any atom is -0.382 e. The second-order valence-electron chi connectivity index (χ2n) is 4.03. The number of methoxy groups -OCH3 is 1. The molecule has 0 saturated heterocycles. The summed E-state index contributed by atoms with van der Waals surface area (Å²) in [6, 6.07) is 7.99. The van der Waals surface area contributed by atoms with E-state index in [-0.39, 0.29) is 6.04 Å². The van der Waals surface area contributed by atoms with Gasteiger partial charge < -0.3 is 4.74 Å². The molecule has 0 fully saturated rings. The van der Waals surface area contributed by atoms with Crippen molar-refractivity contribution in [2.75, 3.05) is 20.3 Å². The van der Waals surface area contributed by atoms with Crippen molar-refractivity contribution in [1.29, 1.82) is 0 Å². The van der Waals surface area contributed by atoms with Crippen LogP contribution in [0.15, 0.2) is 30.6 Å². The third kappa shape index (κ3) is 3.82. The van der Waals surface area contributed by atoms with Gasteiger partial charge in [-0.15, -0.1) is 5.10 Å². The minimum absolute atomic E-state index is 0.0632. The number of nitrogens with one attached hydrogen (secondary N) is 1. The van der Waals surface area contributed by atoms with Crippen molar-refractivity contribution in [1.82, 2.24) is 25.7 Å². The van der Waals surface area contributed by atoms with E-state index in [0.717, 1.165) is 11.3 Å². The summed E-state index contributed by atoms with van der Waals surface area (Å²) in [6.45, 7) is 3.09. The van der Waals surface area contributed by atoms with Crippen molar-refractivity contribution in [2.45, 2.75) is 13.0 Å². The summed E-state index contributed by atoms with van der Waals surface area (Å²) in [6.07, 6.45) is 1.56. The molecule has 2 aromatic rings. The standard InChI is InChI=1S/C12H17N5O2/c1-10(14-19-7-6-18-2)11-4-3-5-12(8-11)17-9-13-15-16-17/h3-5,8-10,14H,6-7H2,1-2H3. The van der Waals surface area contributed by atoms with Gasteiger partial charge >= 0.3 is 0 Å². The fraction of sp³-hybridized carbons (Fsp3) is 0.417. The van der Waals surface area contributed by atoms with Gasteiger partial charge in [-0.3, -0.25) is 4.84 Å². The van der Waals surface area contributed by atoms with E-state index in [1.54, 1.807) is 18.1 Å². The fourth-order valence-electron chi connectivity index (χ4n) is 1.59. The SMILES string of the molecule is COCCONC(C)c1cccc(-n2cnnn2)c1. The third-order valence-electron chi connectivity index (χ3n) is 2.63. The van der Waals surface area contributed by atoms with Crippen molar-refractivity contribution in [2.24, 2.45) is 0 Å². The van der Waals surface area contributed by atoms with Gasteiger partial charge in [0.15, 0.2) is 0 Å². The van der Waals surface area contributed by atoms with E-state index >= 15 is 0 Å². The Morgan fingerprint density at radius 3 is 3.00 bits per heavy atom. The van der Waals surface area contributed by atoms with Crippen molar-refractivity contribution < 1.29 is 9.57 Å². The van der Waals surface area contributed by atoms with Gasteiger partial charge in [0.2, 0.25) is 0 Å². The van der Waals surface area contributed by atoms with E-state index in [0.29, 0.717) is 13.2 Å². The van der Waals surface area contributed by atoms with E-state index in [2.05, 4.69) is 21.0 Å². The van der Waals surface area contributed by atoms with Crippen LogP contribution >= 0.6 is 0 Å². The van der Waals surface area contributed by atoms with Crippen LogP contribution in [0.2, 0.25) is 0 Å². The molecule has 1 aromatic heterocycles. The average Bonchev–Trinajstić information content (AvgIpc) is 2.98. The lowest BCUT2D eigenvalue weighted by molar-refractivity contribution is -0.00924. The third-order valence-corrected chi connectivity index (χ3v) is 2.63. The van der Waals surface area contributed by atoms with Gasteiger partial charge in [-0.2, -0.15) is 5.48 Å². The minimum atomic E-state index is 0.0632. The summed E-state index contributed by atoms with van der Waals surface area (Å²) in [4.78, 5) is 5.30. The van der Waals surface area contributed by atoms with Crippen LogP contribution in [0.1, 0.15) is 18.5 Å². The van der Waals surface area contributed by atoms with Crippen LogP contribution in [0.5, 0.6) is 0 Å². The zero-order chi connectivity index (χ0) is 13.5. The summed E-state index contributed by atoms with van der Waals surface area (Å²) in [7, 11) is 1.64. The molecular formula is C12H17N5O2. The number of hydrogen-bond donors (Lipinski definition) is 1. The van der Waals surface area contributed by atoms with E-state index < -0.39 is 0 Å². The molecule has 0 bridgehead atoms. The molecule has 2 rings (SSSR count). The number of tetrazole rings is 1. The van der Waals surface area contributed by atoms with Crippen molar-refractivity contribution in [3.05, 3.63) is 36.2 Å². The van der Waals surface area contributed by atoms with Crippen LogP contribution in [-0.4, -0.2) is 40.5 Å². The molecule has 102 valence electrons. The maximum atomic E-state index is 5.30. The molecule has 7 nitrogen and oxygen atoms in total. The topological polar surface area (TPSA) is 74.1 Å². The highest BCUT2D eigenvalue weighted by molar-refractivity contribution is 5.35. The van der Waals surface area contributed by atoms with Gasteiger partial charge in [0.05, 0.1) is 24.9 Å². The van der Waals surface area contributed by atoms with E-state index in [9.17, 15) is 0 Å². The molecule has 1 unspecified atom stereocenters. The summed E-state index contributed by atoms with van der Waals surface area (Å²) in [5.41, 5.74) is 4.96. The molecule has 1 heterocycles. The Balaban J connectivity index is 1.98. The van der Waals surface area contributed by atoms with E-state index in [4.69, 9.17) is 9.57 Å². The molecule has 0 aliphatic carbocycles. The number of nitrogens with zero attached hydrogens (tertiary/aromatic N) is 4. The second-order valence-corrected chi connectivity index (χ2v) is 4.03. The highest BCUT2D eigenvalue weighted by Gasteiger charge is 2.07. The van der Waals surface area contributed by atoms with Gasteiger partial charge in [-0.1, -0.05) is 12.1 Å². The molecular weight excluding hydrogens is 246 g/mol. The lowest BCUT2D eigenvalue weighted by Gasteiger charge is -2.14. The fourth-order valence-corrected chi connectivity index (χ4v) is 1.59. The van der Waals surface area contributed by atoms with Gasteiger partial charge in [-0.05, 0) is 35.0 Å². The van der Waals surface area contributed by atoms with Gasteiger partial charge in [0, 0.05) is 7.11 Å². The predicted octanol–water partition coefficient (Wildman–Crippen LogP) is 0.891. The molecule has 0 aliphatic heterocycles. The normalized spacial score (nSPS) is 12.5. The quantitative estimate of drug-likeness (QED) is 0.590. The number of benzene rings is 1. The van der Waals surface area contributed by atoms with E-state index in [1.165, 1.54) is 0 Å².